The highest BCUT2D eigenvalue weighted by Crippen LogP contribution is 2.25. The predicted molar refractivity (Wildman–Crippen MR) is 102 cm³/mol. The summed E-state index contributed by atoms with van der Waals surface area (Å²) in [4.78, 5) is 22.7. The third kappa shape index (κ3) is 4.32. The minimum Gasteiger partial charge on any atom is -0.444 e. The van der Waals surface area contributed by atoms with Gasteiger partial charge in [0.05, 0.1) is 27.6 Å². The zero-order valence-electron chi connectivity index (χ0n) is 15.1. The van der Waals surface area contributed by atoms with Gasteiger partial charge in [0.25, 0.3) is 0 Å². The van der Waals surface area contributed by atoms with Gasteiger partial charge in [-0.15, -0.1) is 0 Å². The van der Waals surface area contributed by atoms with Gasteiger partial charge < -0.3 is 9.64 Å². The Hall–Kier alpha value is -1.73. The van der Waals surface area contributed by atoms with Crippen LogP contribution in [0.2, 0.25) is 5.15 Å². The normalized spacial score (nSPS) is 18.9. The first-order chi connectivity index (χ1) is 12.2. The second-order valence-electron chi connectivity index (χ2n) is 7.29. The van der Waals surface area contributed by atoms with Crippen LogP contribution in [-0.2, 0) is 15.5 Å². The number of fused-ring (bicyclic) bond motifs is 1. The van der Waals surface area contributed by atoms with Gasteiger partial charge in [0.2, 0.25) is 0 Å². The van der Waals surface area contributed by atoms with Crippen LogP contribution in [0.4, 0.5) is 4.79 Å². The van der Waals surface area contributed by atoms with Crippen molar-refractivity contribution in [1.29, 1.82) is 0 Å². The molecule has 0 bridgehead atoms. The van der Waals surface area contributed by atoms with E-state index in [1.807, 2.05) is 45.0 Å². The minimum atomic E-state index is -1.46. The summed E-state index contributed by atoms with van der Waals surface area (Å²) in [6.07, 6.45) is 1.27. The zero-order chi connectivity index (χ0) is 18.9. The molecule has 1 aliphatic heterocycles. The van der Waals surface area contributed by atoms with Crippen molar-refractivity contribution in [2.75, 3.05) is 12.3 Å². The Kier molecular flexibility index (Phi) is 5.48. The summed E-state index contributed by atoms with van der Waals surface area (Å²) >= 11 is 6.20. The molecule has 8 heteroatoms. The van der Waals surface area contributed by atoms with E-state index in [0.29, 0.717) is 17.6 Å². The van der Waals surface area contributed by atoms with E-state index in [1.54, 1.807) is 4.90 Å². The molecule has 3 rings (SSSR count). The first kappa shape index (κ1) is 19.0. The fourth-order valence-corrected chi connectivity index (χ4v) is 4.61. The molecule has 26 heavy (non-hydrogen) atoms. The molecule has 1 aliphatic rings. The number of amides is 1. The number of aromatic nitrogens is 2. The van der Waals surface area contributed by atoms with Crippen molar-refractivity contribution in [3.05, 3.63) is 29.4 Å². The molecule has 2 atom stereocenters. The molecule has 1 aromatic heterocycles. The summed E-state index contributed by atoms with van der Waals surface area (Å²) in [7, 11) is -1.46. The highest BCUT2D eigenvalue weighted by molar-refractivity contribution is 7.85. The molecule has 1 aromatic carbocycles. The standard InChI is InChI=1S/C18H22ClN3O3S/c1-18(2,3)25-17(23)22-10-6-7-12(22)11-26(24)16-15(19)20-13-8-4-5-9-14(13)21-16/h4-5,8-9,12H,6-7,10-11H2,1-3H3/t12-,26+/m0/s1. The lowest BCUT2D eigenvalue weighted by atomic mass is 10.2. The van der Waals surface area contributed by atoms with Crippen LogP contribution in [-0.4, -0.2) is 49.1 Å². The first-order valence-corrected chi connectivity index (χ1v) is 10.2. The van der Waals surface area contributed by atoms with Crippen molar-refractivity contribution in [3.8, 4) is 0 Å². The van der Waals surface area contributed by atoms with Crippen molar-refractivity contribution >= 4 is 39.5 Å². The molecule has 0 spiro atoms. The summed E-state index contributed by atoms with van der Waals surface area (Å²) in [5, 5.41) is 0.408. The molecule has 0 radical (unpaired) electrons. The molecule has 6 nitrogen and oxygen atoms in total. The van der Waals surface area contributed by atoms with Gasteiger partial charge in [-0.25, -0.2) is 14.8 Å². The predicted octanol–water partition coefficient (Wildman–Crippen LogP) is 3.79. The number of likely N-dealkylation sites (tertiary alicyclic amines) is 1. The van der Waals surface area contributed by atoms with Crippen LogP contribution in [0, 0.1) is 0 Å². The SMILES string of the molecule is CC(C)(C)OC(=O)N1CCC[C@H]1C[S@@](=O)c1nc2ccccc2nc1Cl. The van der Waals surface area contributed by atoms with Crippen molar-refractivity contribution in [1.82, 2.24) is 14.9 Å². The lowest BCUT2D eigenvalue weighted by Gasteiger charge is -2.28. The number of carbonyl (C=O) groups is 1. The van der Waals surface area contributed by atoms with E-state index in [0.717, 1.165) is 12.8 Å². The second-order valence-corrected chi connectivity index (χ2v) is 9.06. The Morgan fingerprint density at radius 1 is 1.31 bits per heavy atom. The molecular formula is C18H22ClN3O3S. The average Bonchev–Trinajstić information content (AvgIpc) is 3.00. The maximum absolute atomic E-state index is 12.9. The molecule has 0 saturated carbocycles. The highest BCUT2D eigenvalue weighted by Gasteiger charge is 2.34. The van der Waals surface area contributed by atoms with Gasteiger partial charge in [0.15, 0.2) is 10.2 Å². The molecule has 0 N–H and O–H groups in total. The number of nitrogens with zero attached hydrogens (tertiary/aromatic N) is 3. The lowest BCUT2D eigenvalue weighted by Crippen LogP contribution is -2.42. The molecule has 0 unspecified atom stereocenters. The van der Waals surface area contributed by atoms with Gasteiger partial charge >= 0.3 is 6.09 Å². The van der Waals surface area contributed by atoms with Crippen molar-refractivity contribution in [2.45, 2.75) is 50.3 Å². The van der Waals surface area contributed by atoms with E-state index in [9.17, 15) is 9.00 Å². The molecule has 2 aromatic rings. The summed E-state index contributed by atoms with van der Waals surface area (Å²) in [6.45, 7) is 6.10. The van der Waals surface area contributed by atoms with E-state index >= 15 is 0 Å². The number of benzene rings is 1. The van der Waals surface area contributed by atoms with Gasteiger partial charge in [0, 0.05) is 12.6 Å². The molecule has 140 valence electrons. The van der Waals surface area contributed by atoms with Gasteiger partial charge in [0.1, 0.15) is 5.60 Å². The van der Waals surface area contributed by atoms with Crippen LogP contribution in [0.15, 0.2) is 29.3 Å². The van der Waals surface area contributed by atoms with Crippen molar-refractivity contribution in [3.63, 3.8) is 0 Å². The zero-order valence-corrected chi connectivity index (χ0v) is 16.6. The molecule has 2 heterocycles. The number of para-hydroxylation sites is 2. The van der Waals surface area contributed by atoms with Crippen LogP contribution in [0.5, 0.6) is 0 Å². The second kappa shape index (κ2) is 7.48. The Morgan fingerprint density at radius 3 is 2.62 bits per heavy atom. The fraction of sp³-hybridized carbons (Fsp3) is 0.500. The van der Waals surface area contributed by atoms with Crippen LogP contribution >= 0.6 is 11.6 Å². The Bertz CT molecular complexity index is 853. The van der Waals surface area contributed by atoms with Crippen LogP contribution in [0.25, 0.3) is 11.0 Å². The van der Waals surface area contributed by atoms with E-state index in [2.05, 4.69) is 9.97 Å². The number of rotatable bonds is 3. The maximum Gasteiger partial charge on any atom is 0.410 e. The summed E-state index contributed by atoms with van der Waals surface area (Å²) in [5.74, 6) is 0.270. The quantitative estimate of drug-likeness (QED) is 0.790. The summed E-state index contributed by atoms with van der Waals surface area (Å²) < 4.78 is 18.3. The molecule has 1 fully saturated rings. The third-order valence-electron chi connectivity index (χ3n) is 4.06. The number of ether oxygens (including phenoxy) is 1. The molecular weight excluding hydrogens is 374 g/mol. The van der Waals surface area contributed by atoms with Gasteiger partial charge in [-0.05, 0) is 45.7 Å². The number of hydrogen-bond acceptors (Lipinski definition) is 5. The summed E-state index contributed by atoms with van der Waals surface area (Å²) in [5.41, 5.74) is 0.751. The largest absolute Gasteiger partial charge is 0.444 e. The smallest absolute Gasteiger partial charge is 0.410 e. The van der Waals surface area contributed by atoms with Crippen molar-refractivity contribution < 1.29 is 13.7 Å². The molecule has 0 aliphatic carbocycles. The van der Waals surface area contributed by atoms with Crippen LogP contribution < -0.4 is 0 Å². The molecule has 1 saturated heterocycles. The monoisotopic (exact) mass is 395 g/mol. The van der Waals surface area contributed by atoms with Crippen molar-refractivity contribution in [2.24, 2.45) is 0 Å². The van der Waals surface area contributed by atoms with E-state index in [1.165, 1.54) is 0 Å². The number of carbonyl (C=O) groups excluding carboxylic acids is 1. The minimum absolute atomic E-state index is 0.142. The van der Waals surface area contributed by atoms with E-state index < -0.39 is 16.4 Å². The van der Waals surface area contributed by atoms with E-state index in [4.69, 9.17) is 16.3 Å². The third-order valence-corrected chi connectivity index (χ3v) is 5.84. The lowest BCUT2D eigenvalue weighted by molar-refractivity contribution is 0.0241. The van der Waals surface area contributed by atoms with E-state index in [-0.39, 0.29) is 28.1 Å². The number of hydrogen-bond donors (Lipinski definition) is 0. The van der Waals surface area contributed by atoms with Gasteiger partial charge in [-0.3, -0.25) is 4.21 Å². The Morgan fingerprint density at radius 2 is 1.96 bits per heavy atom. The fourth-order valence-electron chi connectivity index (χ4n) is 2.93. The summed E-state index contributed by atoms with van der Waals surface area (Å²) in [6, 6.07) is 7.15. The molecule has 1 amide bonds. The number of halogens is 1. The maximum atomic E-state index is 12.9. The Labute approximate surface area is 160 Å². The first-order valence-electron chi connectivity index (χ1n) is 8.55. The highest BCUT2D eigenvalue weighted by atomic mass is 35.5. The van der Waals surface area contributed by atoms with Crippen LogP contribution in [0.1, 0.15) is 33.6 Å². The Balaban J connectivity index is 1.77. The van der Waals surface area contributed by atoms with Crippen LogP contribution in [0.3, 0.4) is 0 Å². The van der Waals surface area contributed by atoms with Gasteiger partial charge in [-0.2, -0.15) is 0 Å². The topological polar surface area (TPSA) is 72.4 Å². The average molecular weight is 396 g/mol. The van der Waals surface area contributed by atoms with Gasteiger partial charge in [-0.1, -0.05) is 23.7 Å².